The molecule has 1 aliphatic rings. The number of carbonyl (C=O) groups excluding carboxylic acids is 1. The number of amides is 2. The normalized spacial score (nSPS) is 15.2. The summed E-state index contributed by atoms with van der Waals surface area (Å²) in [5.74, 6) is 2.13. The Kier molecular flexibility index (Phi) is 7.10. The average Bonchev–Trinajstić information content (AvgIpc) is 3.11. The Morgan fingerprint density at radius 2 is 1.71 bits per heavy atom. The summed E-state index contributed by atoms with van der Waals surface area (Å²) in [4.78, 5) is 12.7. The molecular weight excluding hydrogens is 444 g/mol. The molecule has 2 aromatic carbocycles. The van der Waals surface area contributed by atoms with E-state index in [9.17, 15) is 4.79 Å². The van der Waals surface area contributed by atoms with Crippen LogP contribution in [0.3, 0.4) is 0 Å². The molecule has 0 spiro atoms. The van der Waals surface area contributed by atoms with Gasteiger partial charge in [-0.05, 0) is 64.3 Å². The predicted molar refractivity (Wildman–Crippen MR) is 135 cm³/mol. The van der Waals surface area contributed by atoms with E-state index in [1.54, 1.807) is 7.05 Å². The molecule has 0 saturated heterocycles. The van der Waals surface area contributed by atoms with Crippen LogP contribution in [-0.4, -0.2) is 48.2 Å². The number of aryl methyl sites for hydroxylation is 2. The zero-order chi connectivity index (χ0) is 25.1. The Labute approximate surface area is 205 Å². The summed E-state index contributed by atoms with van der Waals surface area (Å²) in [6, 6.07) is 11.7. The van der Waals surface area contributed by atoms with Gasteiger partial charge in [0.05, 0.1) is 30.7 Å². The van der Waals surface area contributed by atoms with Crippen molar-refractivity contribution in [2.75, 3.05) is 20.3 Å². The Hall–Kier alpha value is -3.81. The number of fused-ring (bicyclic) bond motifs is 1. The van der Waals surface area contributed by atoms with Crippen molar-refractivity contribution in [3.8, 4) is 22.6 Å². The maximum atomic E-state index is 12.7. The molecule has 0 fully saturated rings. The minimum Gasteiger partial charge on any atom is -0.490 e. The fourth-order valence-electron chi connectivity index (χ4n) is 4.46. The van der Waals surface area contributed by atoms with Crippen LogP contribution in [0, 0.1) is 13.8 Å². The SMILES string of the molecule is CCOc1cc2c(cc1OCC)C(c1ccc(-c3c(C)noc3C)cc1)=NN(C(=O)NC)C(C)C2. The first-order chi connectivity index (χ1) is 16.9. The fraction of sp³-hybridized carbons (Fsp3) is 0.370. The number of nitrogens with zero attached hydrogens (tertiary/aromatic N) is 3. The Morgan fingerprint density at radius 3 is 2.29 bits per heavy atom. The number of urea groups is 1. The van der Waals surface area contributed by atoms with Gasteiger partial charge < -0.3 is 19.3 Å². The van der Waals surface area contributed by atoms with Crippen LogP contribution in [0.2, 0.25) is 0 Å². The van der Waals surface area contributed by atoms with Gasteiger partial charge in [0.25, 0.3) is 0 Å². The van der Waals surface area contributed by atoms with E-state index in [1.165, 1.54) is 5.01 Å². The van der Waals surface area contributed by atoms with Crippen molar-refractivity contribution in [1.29, 1.82) is 0 Å². The quantitative estimate of drug-likeness (QED) is 0.535. The van der Waals surface area contributed by atoms with Crippen molar-refractivity contribution in [2.45, 2.75) is 47.1 Å². The molecule has 8 nitrogen and oxygen atoms in total. The summed E-state index contributed by atoms with van der Waals surface area (Å²) < 4.78 is 17.1. The number of hydrogen-bond acceptors (Lipinski definition) is 6. The first-order valence-electron chi connectivity index (χ1n) is 11.9. The first kappa shape index (κ1) is 24.3. The van der Waals surface area contributed by atoms with Gasteiger partial charge >= 0.3 is 6.03 Å². The topological polar surface area (TPSA) is 89.2 Å². The predicted octanol–water partition coefficient (Wildman–Crippen LogP) is 5.09. The molecule has 4 rings (SSSR count). The van der Waals surface area contributed by atoms with E-state index in [1.807, 2.05) is 71.0 Å². The molecule has 35 heavy (non-hydrogen) atoms. The number of ether oxygens (including phenoxy) is 2. The third-order valence-corrected chi connectivity index (χ3v) is 6.07. The first-order valence-corrected chi connectivity index (χ1v) is 11.9. The summed E-state index contributed by atoms with van der Waals surface area (Å²) >= 11 is 0. The van der Waals surface area contributed by atoms with Gasteiger partial charge in [-0.1, -0.05) is 29.4 Å². The van der Waals surface area contributed by atoms with Gasteiger partial charge in [0.15, 0.2) is 11.5 Å². The van der Waals surface area contributed by atoms with Gasteiger partial charge in [-0.15, -0.1) is 0 Å². The van der Waals surface area contributed by atoms with Crippen molar-refractivity contribution >= 4 is 11.7 Å². The van der Waals surface area contributed by atoms with Crippen LogP contribution in [-0.2, 0) is 6.42 Å². The highest BCUT2D eigenvalue weighted by Crippen LogP contribution is 2.36. The van der Waals surface area contributed by atoms with Crippen LogP contribution in [0.15, 0.2) is 46.0 Å². The molecule has 0 saturated carbocycles. The molecule has 2 amide bonds. The van der Waals surface area contributed by atoms with Gasteiger partial charge in [-0.3, -0.25) is 0 Å². The summed E-state index contributed by atoms with van der Waals surface area (Å²) in [6.07, 6.45) is 0.624. The van der Waals surface area contributed by atoms with Gasteiger partial charge in [-0.2, -0.15) is 5.10 Å². The number of carbonyl (C=O) groups is 1. The van der Waals surface area contributed by atoms with Crippen molar-refractivity contribution in [2.24, 2.45) is 5.10 Å². The van der Waals surface area contributed by atoms with Gasteiger partial charge in [0.2, 0.25) is 0 Å². The molecule has 1 unspecified atom stereocenters. The molecule has 1 N–H and O–H groups in total. The highest BCUT2D eigenvalue weighted by Gasteiger charge is 2.28. The maximum Gasteiger partial charge on any atom is 0.337 e. The van der Waals surface area contributed by atoms with Crippen molar-refractivity contribution in [1.82, 2.24) is 15.5 Å². The molecule has 1 aromatic heterocycles. The average molecular weight is 477 g/mol. The van der Waals surface area contributed by atoms with Crippen molar-refractivity contribution in [3.63, 3.8) is 0 Å². The lowest BCUT2D eigenvalue weighted by Gasteiger charge is -2.22. The van der Waals surface area contributed by atoms with Crippen molar-refractivity contribution < 1.29 is 18.8 Å². The van der Waals surface area contributed by atoms with Gasteiger partial charge in [0.1, 0.15) is 5.76 Å². The number of nitrogens with one attached hydrogen (secondary N) is 1. The molecule has 184 valence electrons. The van der Waals surface area contributed by atoms with E-state index < -0.39 is 0 Å². The molecule has 1 aliphatic heterocycles. The highest BCUT2D eigenvalue weighted by molar-refractivity contribution is 6.14. The summed E-state index contributed by atoms with van der Waals surface area (Å²) in [5.41, 5.74) is 6.39. The summed E-state index contributed by atoms with van der Waals surface area (Å²) in [6.45, 7) is 10.8. The molecule has 0 radical (unpaired) electrons. The highest BCUT2D eigenvalue weighted by atomic mass is 16.5. The number of rotatable bonds is 6. The van der Waals surface area contributed by atoms with Crippen LogP contribution in [0.4, 0.5) is 4.79 Å². The van der Waals surface area contributed by atoms with E-state index in [4.69, 9.17) is 19.1 Å². The Morgan fingerprint density at radius 1 is 1.09 bits per heavy atom. The van der Waals surface area contributed by atoms with E-state index in [2.05, 4.69) is 10.5 Å². The zero-order valence-electron chi connectivity index (χ0n) is 21.1. The lowest BCUT2D eigenvalue weighted by Crippen LogP contribution is -2.41. The summed E-state index contributed by atoms with van der Waals surface area (Å²) in [7, 11) is 1.61. The number of benzene rings is 2. The van der Waals surface area contributed by atoms with Gasteiger partial charge in [0, 0.05) is 23.7 Å². The zero-order valence-corrected chi connectivity index (χ0v) is 21.1. The van der Waals surface area contributed by atoms with Crippen LogP contribution < -0.4 is 14.8 Å². The van der Waals surface area contributed by atoms with Crippen molar-refractivity contribution in [3.05, 3.63) is 64.5 Å². The second kappa shape index (κ2) is 10.2. The van der Waals surface area contributed by atoms with Crippen LogP contribution >= 0.6 is 0 Å². The molecule has 0 aliphatic carbocycles. The number of aromatic nitrogens is 1. The minimum atomic E-state index is -0.259. The number of hydrazone groups is 1. The monoisotopic (exact) mass is 476 g/mol. The second-order valence-corrected chi connectivity index (χ2v) is 8.50. The second-order valence-electron chi connectivity index (χ2n) is 8.50. The minimum absolute atomic E-state index is 0.153. The molecule has 3 aromatic rings. The van der Waals surface area contributed by atoms with E-state index in [0.29, 0.717) is 36.8 Å². The lowest BCUT2D eigenvalue weighted by atomic mass is 9.93. The van der Waals surface area contributed by atoms with E-state index in [0.717, 1.165) is 39.3 Å². The van der Waals surface area contributed by atoms with Crippen LogP contribution in [0.5, 0.6) is 11.5 Å². The molecular formula is C27H32N4O4. The van der Waals surface area contributed by atoms with Crippen LogP contribution in [0.1, 0.15) is 48.9 Å². The van der Waals surface area contributed by atoms with Gasteiger partial charge in [-0.25, -0.2) is 9.80 Å². The fourth-order valence-corrected chi connectivity index (χ4v) is 4.46. The summed E-state index contributed by atoms with van der Waals surface area (Å²) in [5, 5.41) is 13.1. The molecule has 8 heteroatoms. The third-order valence-electron chi connectivity index (χ3n) is 6.07. The maximum absolute atomic E-state index is 12.7. The van der Waals surface area contributed by atoms with E-state index in [-0.39, 0.29) is 12.1 Å². The Bertz CT molecular complexity index is 1230. The molecule has 2 heterocycles. The third kappa shape index (κ3) is 4.73. The Balaban J connectivity index is 1.87. The molecule has 0 bridgehead atoms. The van der Waals surface area contributed by atoms with Crippen LogP contribution in [0.25, 0.3) is 11.1 Å². The largest absolute Gasteiger partial charge is 0.490 e. The molecule has 1 atom stereocenters. The lowest BCUT2D eigenvalue weighted by molar-refractivity contribution is 0.184. The number of hydrogen-bond donors (Lipinski definition) is 1. The van der Waals surface area contributed by atoms with E-state index >= 15 is 0 Å². The smallest absolute Gasteiger partial charge is 0.337 e. The standard InChI is InChI=1S/C27H32N4O4/c1-7-33-23-14-21-13-16(3)31(27(32)28-6)29-26(22(21)15-24(23)34-8-2)20-11-9-19(10-12-20)25-17(4)30-35-18(25)5/h9-12,14-16H,7-8,13H2,1-6H3,(H,28,32).